The summed E-state index contributed by atoms with van der Waals surface area (Å²) in [5, 5.41) is 3.46. The van der Waals surface area contributed by atoms with Crippen LogP contribution in [-0.2, 0) is 0 Å². The summed E-state index contributed by atoms with van der Waals surface area (Å²) in [7, 11) is 0. The normalized spacial score (nSPS) is 21.6. The molecule has 0 spiro atoms. The first kappa shape index (κ1) is 14.9. The standard InChI is InChI=1S/C17H30N4/c1-2-20(14-15-8-10-18-11-9-15)17-19-12-13-21(17)16-6-4-3-5-7-16/h12-13,15-16,18H,2-11,14H2,1H3. The first-order valence-electron chi connectivity index (χ1n) is 8.87. The largest absolute Gasteiger partial charge is 0.342 e. The second kappa shape index (κ2) is 7.30. The average Bonchev–Trinajstić information content (AvgIpc) is 3.04. The minimum atomic E-state index is 0.679. The first-order chi connectivity index (χ1) is 10.4. The van der Waals surface area contributed by atoms with Gasteiger partial charge in [0.15, 0.2) is 0 Å². The van der Waals surface area contributed by atoms with Crippen molar-refractivity contribution in [1.82, 2.24) is 14.9 Å². The van der Waals surface area contributed by atoms with Gasteiger partial charge in [0.1, 0.15) is 0 Å². The minimum absolute atomic E-state index is 0.679. The number of imidazole rings is 1. The molecule has 2 heterocycles. The van der Waals surface area contributed by atoms with Gasteiger partial charge in [-0.05, 0) is 51.6 Å². The van der Waals surface area contributed by atoms with Gasteiger partial charge in [0.2, 0.25) is 5.95 Å². The van der Waals surface area contributed by atoms with Crippen LogP contribution < -0.4 is 10.2 Å². The Balaban J connectivity index is 1.69. The molecule has 2 fully saturated rings. The van der Waals surface area contributed by atoms with Gasteiger partial charge < -0.3 is 14.8 Å². The molecule has 0 aromatic carbocycles. The minimum Gasteiger partial charge on any atom is -0.342 e. The lowest BCUT2D eigenvalue weighted by molar-refractivity contribution is 0.345. The molecule has 1 saturated carbocycles. The van der Waals surface area contributed by atoms with E-state index in [-0.39, 0.29) is 0 Å². The van der Waals surface area contributed by atoms with E-state index < -0.39 is 0 Å². The van der Waals surface area contributed by atoms with Crippen LogP contribution in [0, 0.1) is 5.92 Å². The number of nitrogens with zero attached hydrogens (tertiary/aromatic N) is 3. The molecule has 2 aliphatic rings. The summed E-state index contributed by atoms with van der Waals surface area (Å²) in [6.45, 7) is 6.86. The topological polar surface area (TPSA) is 33.1 Å². The van der Waals surface area contributed by atoms with Crippen molar-refractivity contribution in [1.29, 1.82) is 0 Å². The van der Waals surface area contributed by atoms with Crippen LogP contribution in [0.4, 0.5) is 5.95 Å². The number of piperidine rings is 1. The Hall–Kier alpha value is -1.03. The number of anilines is 1. The molecule has 0 amide bonds. The van der Waals surface area contributed by atoms with E-state index in [4.69, 9.17) is 4.98 Å². The van der Waals surface area contributed by atoms with Gasteiger partial charge in [-0.3, -0.25) is 0 Å². The van der Waals surface area contributed by atoms with Gasteiger partial charge in [0, 0.05) is 31.5 Å². The molecule has 1 N–H and O–H groups in total. The van der Waals surface area contributed by atoms with E-state index in [9.17, 15) is 0 Å². The smallest absolute Gasteiger partial charge is 0.205 e. The highest BCUT2D eigenvalue weighted by atomic mass is 15.3. The Morgan fingerprint density at radius 2 is 1.95 bits per heavy atom. The van der Waals surface area contributed by atoms with E-state index in [0.717, 1.165) is 12.5 Å². The quantitative estimate of drug-likeness (QED) is 0.904. The molecular weight excluding hydrogens is 260 g/mol. The highest BCUT2D eigenvalue weighted by molar-refractivity contribution is 5.32. The molecular formula is C17H30N4. The van der Waals surface area contributed by atoms with E-state index in [0.29, 0.717) is 6.04 Å². The van der Waals surface area contributed by atoms with Crippen LogP contribution in [-0.4, -0.2) is 35.7 Å². The molecule has 21 heavy (non-hydrogen) atoms. The third kappa shape index (κ3) is 3.60. The van der Waals surface area contributed by atoms with Crippen LogP contribution in [0.3, 0.4) is 0 Å². The SMILES string of the molecule is CCN(CC1CCNCC1)c1nccn1C1CCCCC1. The molecule has 4 heteroatoms. The Morgan fingerprint density at radius 1 is 1.19 bits per heavy atom. The van der Waals surface area contributed by atoms with E-state index in [1.165, 1.54) is 70.5 Å². The lowest BCUT2D eigenvalue weighted by Crippen LogP contribution is -2.37. The Kier molecular flexibility index (Phi) is 5.17. The molecule has 0 unspecified atom stereocenters. The van der Waals surface area contributed by atoms with E-state index in [2.05, 4.69) is 27.9 Å². The number of nitrogens with one attached hydrogen (secondary N) is 1. The summed E-state index contributed by atoms with van der Waals surface area (Å²) in [6, 6.07) is 0.679. The van der Waals surface area contributed by atoms with Crippen molar-refractivity contribution in [2.24, 2.45) is 5.92 Å². The van der Waals surface area contributed by atoms with Crippen LogP contribution in [0.1, 0.15) is 57.9 Å². The molecule has 1 aliphatic heterocycles. The van der Waals surface area contributed by atoms with Gasteiger partial charge in [-0.2, -0.15) is 0 Å². The van der Waals surface area contributed by atoms with Crippen molar-refractivity contribution in [3.8, 4) is 0 Å². The maximum atomic E-state index is 4.70. The van der Waals surface area contributed by atoms with E-state index in [1.807, 2.05) is 6.20 Å². The van der Waals surface area contributed by atoms with Crippen LogP contribution in [0.5, 0.6) is 0 Å². The molecule has 1 aliphatic carbocycles. The van der Waals surface area contributed by atoms with Gasteiger partial charge in [-0.1, -0.05) is 19.3 Å². The molecule has 3 rings (SSSR count). The zero-order valence-corrected chi connectivity index (χ0v) is 13.4. The van der Waals surface area contributed by atoms with E-state index in [1.54, 1.807) is 0 Å². The van der Waals surface area contributed by atoms with Crippen molar-refractivity contribution in [2.75, 3.05) is 31.1 Å². The number of aromatic nitrogens is 2. The fraction of sp³-hybridized carbons (Fsp3) is 0.824. The molecule has 4 nitrogen and oxygen atoms in total. The van der Waals surface area contributed by atoms with Gasteiger partial charge in [0.25, 0.3) is 0 Å². The monoisotopic (exact) mass is 290 g/mol. The summed E-state index contributed by atoms with van der Waals surface area (Å²) in [4.78, 5) is 7.21. The van der Waals surface area contributed by atoms with Crippen molar-refractivity contribution >= 4 is 5.95 Å². The predicted octanol–water partition coefficient (Wildman–Crippen LogP) is 3.21. The third-order valence-corrected chi connectivity index (χ3v) is 5.22. The average molecular weight is 290 g/mol. The number of hydrogen-bond acceptors (Lipinski definition) is 3. The molecule has 1 aromatic heterocycles. The van der Waals surface area contributed by atoms with Gasteiger partial charge in [-0.25, -0.2) is 4.98 Å². The number of hydrogen-bond donors (Lipinski definition) is 1. The maximum absolute atomic E-state index is 4.70. The van der Waals surface area contributed by atoms with Crippen LogP contribution >= 0.6 is 0 Å². The summed E-state index contributed by atoms with van der Waals surface area (Å²) in [5.74, 6) is 2.03. The second-order valence-electron chi connectivity index (χ2n) is 6.66. The summed E-state index contributed by atoms with van der Waals surface area (Å²) >= 11 is 0. The van der Waals surface area contributed by atoms with Crippen molar-refractivity contribution in [2.45, 2.75) is 57.9 Å². The molecule has 0 radical (unpaired) electrons. The first-order valence-corrected chi connectivity index (χ1v) is 8.87. The van der Waals surface area contributed by atoms with Gasteiger partial charge in [0.05, 0.1) is 0 Å². The summed E-state index contributed by atoms with van der Waals surface area (Å²) in [5.41, 5.74) is 0. The lowest BCUT2D eigenvalue weighted by atomic mass is 9.95. The highest BCUT2D eigenvalue weighted by Crippen LogP contribution is 2.31. The molecule has 118 valence electrons. The van der Waals surface area contributed by atoms with Gasteiger partial charge >= 0.3 is 0 Å². The molecule has 0 atom stereocenters. The van der Waals surface area contributed by atoms with Crippen LogP contribution in [0.15, 0.2) is 12.4 Å². The Morgan fingerprint density at radius 3 is 2.67 bits per heavy atom. The number of rotatable bonds is 5. The summed E-state index contributed by atoms with van der Waals surface area (Å²) in [6.07, 6.45) is 13.6. The molecule has 1 saturated heterocycles. The lowest BCUT2D eigenvalue weighted by Gasteiger charge is -2.32. The van der Waals surface area contributed by atoms with E-state index >= 15 is 0 Å². The molecule has 1 aromatic rings. The fourth-order valence-corrected chi connectivity index (χ4v) is 3.92. The Labute approximate surface area is 128 Å². The fourth-order valence-electron chi connectivity index (χ4n) is 3.92. The zero-order chi connectivity index (χ0) is 14.5. The molecule has 0 bridgehead atoms. The summed E-state index contributed by atoms with van der Waals surface area (Å²) < 4.78 is 2.46. The Bertz CT molecular complexity index is 416. The third-order valence-electron chi connectivity index (χ3n) is 5.22. The van der Waals surface area contributed by atoms with Crippen molar-refractivity contribution in [3.63, 3.8) is 0 Å². The van der Waals surface area contributed by atoms with Crippen LogP contribution in [0.25, 0.3) is 0 Å². The maximum Gasteiger partial charge on any atom is 0.205 e. The van der Waals surface area contributed by atoms with Crippen molar-refractivity contribution in [3.05, 3.63) is 12.4 Å². The predicted molar refractivity (Wildman–Crippen MR) is 87.8 cm³/mol. The highest BCUT2D eigenvalue weighted by Gasteiger charge is 2.23. The van der Waals surface area contributed by atoms with Crippen LogP contribution in [0.2, 0.25) is 0 Å². The second-order valence-corrected chi connectivity index (χ2v) is 6.66. The van der Waals surface area contributed by atoms with Gasteiger partial charge in [-0.15, -0.1) is 0 Å². The van der Waals surface area contributed by atoms with Crippen molar-refractivity contribution < 1.29 is 0 Å². The zero-order valence-electron chi connectivity index (χ0n) is 13.4.